The van der Waals surface area contributed by atoms with Crippen LogP contribution in [-0.4, -0.2) is 62.4 Å². The lowest BCUT2D eigenvalue weighted by Crippen LogP contribution is -2.42. The zero-order valence-electron chi connectivity index (χ0n) is 9.89. The lowest BCUT2D eigenvalue weighted by molar-refractivity contribution is -0.147. The third-order valence-electron chi connectivity index (χ3n) is 2.72. The van der Waals surface area contributed by atoms with E-state index in [1.54, 1.807) is 6.92 Å². The molecule has 0 aromatic carbocycles. The Morgan fingerprint density at radius 1 is 1.41 bits per heavy atom. The number of nitrogens with zero attached hydrogens (tertiary/aromatic N) is 1. The van der Waals surface area contributed by atoms with Crippen molar-refractivity contribution in [1.29, 1.82) is 0 Å². The van der Waals surface area contributed by atoms with E-state index >= 15 is 0 Å². The Kier molecular flexibility index (Phi) is 5.88. The van der Waals surface area contributed by atoms with Gasteiger partial charge in [0.2, 0.25) is 0 Å². The summed E-state index contributed by atoms with van der Waals surface area (Å²) in [5.41, 5.74) is 0. The minimum Gasteiger partial charge on any atom is -0.464 e. The summed E-state index contributed by atoms with van der Waals surface area (Å²) in [4.78, 5) is 13.4. The van der Waals surface area contributed by atoms with E-state index in [1.807, 2.05) is 4.90 Å². The molecular weight excluding hydrogens is 310 g/mol. The van der Waals surface area contributed by atoms with Crippen LogP contribution in [0.5, 0.6) is 0 Å². The zero-order chi connectivity index (χ0) is 12.9. The monoisotopic (exact) mass is 327 g/mol. The van der Waals surface area contributed by atoms with Crippen LogP contribution in [0.4, 0.5) is 0 Å². The summed E-state index contributed by atoms with van der Waals surface area (Å²) in [6.07, 6.45) is 0. The minimum atomic E-state index is -2.83. The van der Waals surface area contributed by atoms with Gasteiger partial charge in [-0.3, -0.25) is 9.69 Å². The first-order valence-corrected chi connectivity index (χ1v) is 8.54. The van der Waals surface area contributed by atoms with Crippen molar-refractivity contribution < 1.29 is 17.9 Å². The topological polar surface area (TPSA) is 63.7 Å². The van der Waals surface area contributed by atoms with E-state index in [0.717, 1.165) is 0 Å². The number of rotatable bonds is 5. The second-order valence-corrected chi connectivity index (χ2v) is 7.17. The highest BCUT2D eigenvalue weighted by molar-refractivity contribution is 9.09. The summed E-state index contributed by atoms with van der Waals surface area (Å²) < 4.78 is 27.5. The van der Waals surface area contributed by atoms with E-state index in [4.69, 9.17) is 4.74 Å². The molecule has 17 heavy (non-hydrogen) atoms. The van der Waals surface area contributed by atoms with Crippen LogP contribution in [0.3, 0.4) is 0 Å². The quantitative estimate of drug-likeness (QED) is 0.536. The fraction of sp³-hybridized carbons (Fsp3) is 0.900. The molecule has 1 aliphatic heterocycles. The van der Waals surface area contributed by atoms with Gasteiger partial charge in [-0.25, -0.2) is 8.42 Å². The summed E-state index contributed by atoms with van der Waals surface area (Å²) >= 11 is 3.22. The van der Waals surface area contributed by atoms with E-state index in [0.29, 0.717) is 31.6 Å². The first-order valence-electron chi connectivity index (χ1n) is 5.60. The fourth-order valence-electron chi connectivity index (χ4n) is 1.45. The van der Waals surface area contributed by atoms with Gasteiger partial charge in [0.05, 0.1) is 17.4 Å². The SMILES string of the molecule is CC(CBr)C(=O)OCCN1CCS(=O)(=O)CC1. The van der Waals surface area contributed by atoms with Crippen molar-refractivity contribution in [3.05, 3.63) is 0 Å². The van der Waals surface area contributed by atoms with Crippen molar-refractivity contribution in [1.82, 2.24) is 4.90 Å². The van der Waals surface area contributed by atoms with Crippen LogP contribution < -0.4 is 0 Å². The Bertz CT molecular complexity index is 343. The van der Waals surface area contributed by atoms with Crippen molar-refractivity contribution in [2.75, 3.05) is 43.1 Å². The number of carbonyl (C=O) groups excluding carboxylic acids is 1. The van der Waals surface area contributed by atoms with Gasteiger partial charge in [-0.1, -0.05) is 22.9 Å². The molecule has 7 heteroatoms. The minimum absolute atomic E-state index is 0.142. The molecule has 0 saturated carbocycles. The molecule has 1 aliphatic rings. The van der Waals surface area contributed by atoms with Gasteiger partial charge in [-0.05, 0) is 0 Å². The number of hydrogen-bond acceptors (Lipinski definition) is 5. The van der Waals surface area contributed by atoms with E-state index in [-0.39, 0.29) is 23.4 Å². The number of sulfone groups is 1. The van der Waals surface area contributed by atoms with Gasteiger partial charge >= 0.3 is 5.97 Å². The third-order valence-corrected chi connectivity index (χ3v) is 5.30. The summed E-state index contributed by atoms with van der Waals surface area (Å²) in [6.45, 7) is 3.80. The van der Waals surface area contributed by atoms with Crippen LogP contribution in [0.2, 0.25) is 0 Å². The predicted octanol–water partition coefficient (Wildman–Crippen LogP) is 0.291. The van der Waals surface area contributed by atoms with Gasteiger partial charge in [-0.15, -0.1) is 0 Å². The van der Waals surface area contributed by atoms with Crippen molar-refractivity contribution in [2.24, 2.45) is 5.92 Å². The van der Waals surface area contributed by atoms with Crippen molar-refractivity contribution in [2.45, 2.75) is 6.92 Å². The normalized spacial score (nSPS) is 22.0. The summed E-state index contributed by atoms with van der Waals surface area (Å²) in [5.74, 6) is 0.0561. The molecule has 0 spiro atoms. The molecule has 1 heterocycles. The summed E-state index contributed by atoms with van der Waals surface area (Å²) in [6, 6.07) is 0. The number of hydrogen-bond donors (Lipinski definition) is 0. The lowest BCUT2D eigenvalue weighted by atomic mass is 10.2. The van der Waals surface area contributed by atoms with Crippen LogP contribution >= 0.6 is 15.9 Å². The van der Waals surface area contributed by atoms with Crippen LogP contribution in [0.25, 0.3) is 0 Å². The van der Waals surface area contributed by atoms with Gasteiger partial charge in [0, 0.05) is 25.0 Å². The van der Waals surface area contributed by atoms with Crippen LogP contribution in [-0.2, 0) is 19.4 Å². The van der Waals surface area contributed by atoms with Crippen molar-refractivity contribution in [3.63, 3.8) is 0 Å². The molecule has 0 radical (unpaired) electrons. The Balaban J connectivity index is 2.18. The molecule has 1 fully saturated rings. The van der Waals surface area contributed by atoms with E-state index in [2.05, 4.69) is 15.9 Å². The third kappa shape index (κ3) is 5.35. The van der Waals surface area contributed by atoms with E-state index in [9.17, 15) is 13.2 Å². The van der Waals surface area contributed by atoms with Gasteiger partial charge in [0.1, 0.15) is 6.61 Å². The predicted molar refractivity (Wildman–Crippen MR) is 69.0 cm³/mol. The molecule has 0 aromatic rings. The highest BCUT2D eigenvalue weighted by atomic mass is 79.9. The number of carbonyl (C=O) groups is 1. The molecule has 1 atom stereocenters. The van der Waals surface area contributed by atoms with Crippen LogP contribution in [0.15, 0.2) is 0 Å². The van der Waals surface area contributed by atoms with Crippen molar-refractivity contribution in [3.8, 4) is 0 Å². The van der Waals surface area contributed by atoms with Gasteiger partial charge in [0.15, 0.2) is 9.84 Å². The van der Waals surface area contributed by atoms with E-state index < -0.39 is 9.84 Å². The van der Waals surface area contributed by atoms with Crippen LogP contribution in [0, 0.1) is 5.92 Å². The Morgan fingerprint density at radius 3 is 2.53 bits per heavy atom. The maximum atomic E-state index is 11.4. The highest BCUT2D eigenvalue weighted by Gasteiger charge is 2.21. The lowest BCUT2D eigenvalue weighted by Gasteiger charge is -2.26. The molecule has 0 N–H and O–H groups in total. The highest BCUT2D eigenvalue weighted by Crippen LogP contribution is 2.05. The average Bonchev–Trinajstić information content (AvgIpc) is 2.30. The number of ether oxygens (including phenoxy) is 1. The first kappa shape index (κ1) is 14.9. The molecule has 5 nitrogen and oxygen atoms in total. The molecule has 0 amide bonds. The fourth-order valence-corrected chi connectivity index (χ4v) is 3.00. The Hall–Kier alpha value is -0.140. The largest absolute Gasteiger partial charge is 0.464 e. The molecule has 0 aliphatic carbocycles. The standard InChI is InChI=1S/C10H18BrNO4S/c1-9(8-11)10(13)16-5-2-12-3-6-17(14,15)7-4-12/h9H,2-8H2,1H3. The molecule has 1 rings (SSSR count). The zero-order valence-corrected chi connectivity index (χ0v) is 12.3. The number of halogens is 1. The smallest absolute Gasteiger partial charge is 0.309 e. The molecule has 1 unspecified atom stereocenters. The van der Waals surface area contributed by atoms with E-state index in [1.165, 1.54) is 0 Å². The molecule has 1 saturated heterocycles. The first-order chi connectivity index (χ1) is 7.94. The van der Waals surface area contributed by atoms with Gasteiger partial charge < -0.3 is 4.74 Å². The van der Waals surface area contributed by atoms with Crippen molar-refractivity contribution >= 4 is 31.7 Å². The second-order valence-electron chi connectivity index (χ2n) is 4.22. The Morgan fingerprint density at radius 2 is 2.00 bits per heavy atom. The maximum absolute atomic E-state index is 11.4. The maximum Gasteiger partial charge on any atom is 0.309 e. The van der Waals surface area contributed by atoms with Gasteiger partial charge in [0.25, 0.3) is 0 Å². The average molecular weight is 328 g/mol. The second kappa shape index (κ2) is 6.70. The Labute approximate surface area is 111 Å². The molecule has 0 aromatic heterocycles. The molecule has 0 bridgehead atoms. The number of alkyl halides is 1. The van der Waals surface area contributed by atoms with Gasteiger partial charge in [-0.2, -0.15) is 0 Å². The summed E-state index contributed by atoms with van der Waals surface area (Å²) in [7, 11) is -2.83. The number of esters is 1. The molecule has 100 valence electrons. The summed E-state index contributed by atoms with van der Waals surface area (Å²) in [5, 5.41) is 0.591. The van der Waals surface area contributed by atoms with Crippen LogP contribution in [0.1, 0.15) is 6.92 Å². The molecular formula is C10H18BrNO4S.